The predicted octanol–water partition coefficient (Wildman–Crippen LogP) is 2.65. The molecule has 2 rings (SSSR count). The number of hydrogen-bond donors (Lipinski definition) is 1. The van der Waals surface area contributed by atoms with Gasteiger partial charge in [-0.3, -0.25) is 4.79 Å². The summed E-state index contributed by atoms with van der Waals surface area (Å²) in [5.41, 5.74) is 1.22. The second-order valence-electron chi connectivity index (χ2n) is 6.17. The minimum Gasteiger partial charge on any atom is -0.497 e. The molecule has 0 atom stereocenters. The molecule has 6 nitrogen and oxygen atoms in total. The molecule has 2 aromatic carbocycles. The van der Waals surface area contributed by atoms with Crippen molar-refractivity contribution < 1.29 is 17.9 Å². The Morgan fingerprint density at radius 3 is 2.38 bits per heavy atom. The van der Waals surface area contributed by atoms with Crippen LogP contribution in [-0.4, -0.2) is 38.8 Å². The van der Waals surface area contributed by atoms with E-state index in [-0.39, 0.29) is 16.8 Å². The van der Waals surface area contributed by atoms with Crippen molar-refractivity contribution in [2.24, 2.45) is 0 Å². The Kier molecular flexibility index (Phi) is 6.39. The number of rotatable bonds is 7. The Morgan fingerprint density at radius 1 is 1.15 bits per heavy atom. The Bertz CT molecular complexity index is 861. The first-order valence-electron chi connectivity index (χ1n) is 8.25. The van der Waals surface area contributed by atoms with Crippen molar-refractivity contribution in [1.29, 1.82) is 0 Å². The SMILES string of the molecule is COc1ccc(CNC(=O)c2cccc(S(=O)(=O)N(C)C(C)C)c2)cc1. The van der Waals surface area contributed by atoms with Gasteiger partial charge in [0.2, 0.25) is 10.0 Å². The molecule has 140 valence electrons. The van der Waals surface area contributed by atoms with Crippen molar-refractivity contribution in [1.82, 2.24) is 9.62 Å². The monoisotopic (exact) mass is 376 g/mol. The maximum atomic E-state index is 12.6. The highest BCUT2D eigenvalue weighted by atomic mass is 32.2. The van der Waals surface area contributed by atoms with Gasteiger partial charge in [0, 0.05) is 25.2 Å². The standard InChI is InChI=1S/C19H24N2O4S/c1-14(2)21(3)26(23,24)18-7-5-6-16(12-18)19(22)20-13-15-8-10-17(25-4)11-9-15/h5-12,14H,13H2,1-4H3,(H,20,22). The van der Waals surface area contributed by atoms with Crippen LogP contribution in [-0.2, 0) is 16.6 Å². The lowest BCUT2D eigenvalue weighted by atomic mass is 10.2. The van der Waals surface area contributed by atoms with Crippen LogP contribution in [0, 0.1) is 0 Å². The van der Waals surface area contributed by atoms with E-state index in [4.69, 9.17) is 4.74 Å². The van der Waals surface area contributed by atoms with E-state index in [1.165, 1.54) is 23.5 Å². The van der Waals surface area contributed by atoms with Crippen molar-refractivity contribution in [3.05, 3.63) is 59.7 Å². The molecule has 26 heavy (non-hydrogen) atoms. The number of sulfonamides is 1. The Hall–Kier alpha value is -2.38. The van der Waals surface area contributed by atoms with E-state index in [9.17, 15) is 13.2 Å². The number of amides is 1. The van der Waals surface area contributed by atoms with Gasteiger partial charge in [0.15, 0.2) is 0 Å². The minimum atomic E-state index is -3.63. The maximum Gasteiger partial charge on any atom is 0.251 e. The molecule has 1 amide bonds. The molecule has 1 N–H and O–H groups in total. The van der Waals surface area contributed by atoms with Gasteiger partial charge < -0.3 is 10.1 Å². The van der Waals surface area contributed by atoms with E-state index in [1.54, 1.807) is 33.1 Å². The average molecular weight is 376 g/mol. The average Bonchev–Trinajstić information content (AvgIpc) is 2.65. The van der Waals surface area contributed by atoms with Gasteiger partial charge in [-0.1, -0.05) is 18.2 Å². The first-order chi connectivity index (χ1) is 12.3. The first kappa shape index (κ1) is 19.9. The van der Waals surface area contributed by atoms with Gasteiger partial charge in [-0.25, -0.2) is 8.42 Å². The molecule has 7 heteroatoms. The van der Waals surface area contributed by atoms with E-state index in [0.29, 0.717) is 12.1 Å². The fourth-order valence-corrected chi connectivity index (χ4v) is 3.68. The Labute approximate surface area is 154 Å². The number of nitrogens with one attached hydrogen (secondary N) is 1. The van der Waals surface area contributed by atoms with E-state index in [0.717, 1.165) is 11.3 Å². The molecule has 0 saturated carbocycles. The van der Waals surface area contributed by atoms with Gasteiger partial charge in [0.1, 0.15) is 5.75 Å². The predicted molar refractivity (Wildman–Crippen MR) is 101 cm³/mol. The van der Waals surface area contributed by atoms with Crippen LogP contribution in [0.3, 0.4) is 0 Å². The lowest BCUT2D eigenvalue weighted by Crippen LogP contribution is -2.33. The van der Waals surface area contributed by atoms with Crippen LogP contribution in [0.5, 0.6) is 5.75 Å². The van der Waals surface area contributed by atoms with Crippen LogP contribution in [0.2, 0.25) is 0 Å². The molecule has 0 fully saturated rings. The third kappa shape index (κ3) is 4.62. The van der Waals surface area contributed by atoms with Gasteiger partial charge in [0.25, 0.3) is 5.91 Å². The van der Waals surface area contributed by atoms with Crippen LogP contribution < -0.4 is 10.1 Å². The highest BCUT2D eigenvalue weighted by Gasteiger charge is 2.23. The van der Waals surface area contributed by atoms with Crippen LogP contribution in [0.4, 0.5) is 0 Å². The second-order valence-corrected chi connectivity index (χ2v) is 8.17. The smallest absolute Gasteiger partial charge is 0.251 e. The minimum absolute atomic E-state index is 0.103. The fourth-order valence-electron chi connectivity index (χ4n) is 2.27. The summed E-state index contributed by atoms with van der Waals surface area (Å²) in [4.78, 5) is 12.5. The molecule has 2 aromatic rings. The fraction of sp³-hybridized carbons (Fsp3) is 0.316. The van der Waals surface area contributed by atoms with Gasteiger partial charge in [-0.05, 0) is 49.7 Å². The third-order valence-electron chi connectivity index (χ3n) is 4.11. The number of nitrogens with zero attached hydrogens (tertiary/aromatic N) is 1. The Balaban J connectivity index is 2.12. The zero-order chi connectivity index (χ0) is 19.3. The van der Waals surface area contributed by atoms with Gasteiger partial charge in [0.05, 0.1) is 12.0 Å². The van der Waals surface area contributed by atoms with Gasteiger partial charge >= 0.3 is 0 Å². The molecule has 0 aromatic heterocycles. The lowest BCUT2D eigenvalue weighted by molar-refractivity contribution is 0.0950. The normalized spacial score (nSPS) is 11.6. The summed E-state index contributed by atoms with van der Waals surface area (Å²) < 4.78 is 31.5. The molecule has 0 heterocycles. The highest BCUT2D eigenvalue weighted by Crippen LogP contribution is 2.18. The van der Waals surface area contributed by atoms with Crippen molar-refractivity contribution >= 4 is 15.9 Å². The van der Waals surface area contributed by atoms with Crippen molar-refractivity contribution in [2.75, 3.05) is 14.2 Å². The number of ether oxygens (including phenoxy) is 1. The lowest BCUT2D eigenvalue weighted by Gasteiger charge is -2.21. The molecule has 0 radical (unpaired) electrons. The molecular weight excluding hydrogens is 352 g/mol. The van der Waals surface area contributed by atoms with E-state index in [1.807, 2.05) is 24.3 Å². The van der Waals surface area contributed by atoms with Crippen molar-refractivity contribution in [3.8, 4) is 5.75 Å². The zero-order valence-electron chi connectivity index (χ0n) is 15.4. The van der Waals surface area contributed by atoms with Gasteiger partial charge in [-0.2, -0.15) is 4.31 Å². The number of methoxy groups -OCH3 is 1. The summed E-state index contributed by atoms with van der Waals surface area (Å²) in [5, 5.41) is 2.80. The van der Waals surface area contributed by atoms with E-state index in [2.05, 4.69) is 5.32 Å². The largest absolute Gasteiger partial charge is 0.497 e. The summed E-state index contributed by atoms with van der Waals surface area (Å²) >= 11 is 0. The van der Waals surface area contributed by atoms with Crippen molar-refractivity contribution in [3.63, 3.8) is 0 Å². The summed E-state index contributed by atoms with van der Waals surface area (Å²) in [6.45, 7) is 3.93. The van der Waals surface area contributed by atoms with Crippen molar-refractivity contribution in [2.45, 2.75) is 31.3 Å². The van der Waals surface area contributed by atoms with Crippen LogP contribution in [0.15, 0.2) is 53.4 Å². The highest BCUT2D eigenvalue weighted by molar-refractivity contribution is 7.89. The number of hydrogen-bond acceptors (Lipinski definition) is 4. The molecule has 0 bridgehead atoms. The van der Waals surface area contributed by atoms with Gasteiger partial charge in [-0.15, -0.1) is 0 Å². The number of carbonyl (C=O) groups is 1. The van der Waals surface area contributed by atoms with E-state index < -0.39 is 10.0 Å². The molecule has 0 saturated heterocycles. The molecule has 0 aliphatic rings. The quantitative estimate of drug-likeness (QED) is 0.806. The van der Waals surface area contributed by atoms with E-state index >= 15 is 0 Å². The third-order valence-corrected chi connectivity index (χ3v) is 6.14. The number of carbonyl (C=O) groups excluding carboxylic acids is 1. The zero-order valence-corrected chi connectivity index (χ0v) is 16.2. The molecule has 0 aliphatic heterocycles. The van der Waals surface area contributed by atoms with Crippen LogP contribution in [0.1, 0.15) is 29.8 Å². The topological polar surface area (TPSA) is 75.7 Å². The summed E-state index contributed by atoms with van der Waals surface area (Å²) in [7, 11) is -0.514. The first-order valence-corrected chi connectivity index (χ1v) is 9.69. The van der Waals surface area contributed by atoms with Crippen LogP contribution in [0.25, 0.3) is 0 Å². The summed E-state index contributed by atoms with van der Waals surface area (Å²) in [6, 6.07) is 13.2. The number of benzene rings is 2. The molecular formula is C19H24N2O4S. The molecule has 0 spiro atoms. The summed E-state index contributed by atoms with van der Waals surface area (Å²) in [5.74, 6) is 0.414. The molecule has 0 unspecified atom stereocenters. The Morgan fingerprint density at radius 2 is 1.81 bits per heavy atom. The van der Waals surface area contributed by atoms with Crippen LogP contribution >= 0.6 is 0 Å². The second kappa shape index (κ2) is 8.33. The molecule has 0 aliphatic carbocycles. The summed E-state index contributed by atoms with van der Waals surface area (Å²) in [6.07, 6.45) is 0. The maximum absolute atomic E-state index is 12.6.